The summed E-state index contributed by atoms with van der Waals surface area (Å²) in [5.41, 5.74) is 8.41. The van der Waals surface area contributed by atoms with Gasteiger partial charge in [-0.1, -0.05) is 11.6 Å². The average Bonchev–Trinajstić information content (AvgIpc) is 2.40. The number of ether oxygens (including phenoxy) is 1. The standard InChI is InChI=1S/C15H17ClN2O/c1-19-15-3-2-13(16)9-12(15)10-14(17)8-11-4-6-18-7-5-11/h2-7,9,14H,8,10,17H2,1H3. The molecule has 1 heterocycles. The van der Waals surface area contributed by atoms with Crippen LogP contribution in [0.2, 0.25) is 5.02 Å². The van der Waals surface area contributed by atoms with Crippen LogP contribution in [0.4, 0.5) is 0 Å². The zero-order chi connectivity index (χ0) is 13.7. The number of halogens is 1. The van der Waals surface area contributed by atoms with Crippen molar-refractivity contribution in [3.8, 4) is 5.75 Å². The zero-order valence-corrected chi connectivity index (χ0v) is 11.6. The van der Waals surface area contributed by atoms with Gasteiger partial charge in [-0.2, -0.15) is 0 Å². The highest BCUT2D eigenvalue weighted by Gasteiger charge is 2.10. The van der Waals surface area contributed by atoms with E-state index in [1.165, 1.54) is 5.56 Å². The Morgan fingerprint density at radius 1 is 1.21 bits per heavy atom. The minimum absolute atomic E-state index is 0.0229. The number of rotatable bonds is 5. The van der Waals surface area contributed by atoms with Crippen molar-refractivity contribution in [2.75, 3.05) is 7.11 Å². The topological polar surface area (TPSA) is 48.1 Å². The van der Waals surface area contributed by atoms with Gasteiger partial charge in [0.2, 0.25) is 0 Å². The van der Waals surface area contributed by atoms with Gasteiger partial charge >= 0.3 is 0 Å². The molecule has 0 saturated carbocycles. The summed E-state index contributed by atoms with van der Waals surface area (Å²) in [6.07, 6.45) is 5.09. The summed E-state index contributed by atoms with van der Waals surface area (Å²) < 4.78 is 5.33. The van der Waals surface area contributed by atoms with E-state index < -0.39 is 0 Å². The van der Waals surface area contributed by atoms with Gasteiger partial charge in [0, 0.05) is 23.5 Å². The fourth-order valence-electron chi connectivity index (χ4n) is 2.08. The van der Waals surface area contributed by atoms with Gasteiger partial charge in [0.1, 0.15) is 5.75 Å². The molecule has 0 saturated heterocycles. The number of methoxy groups -OCH3 is 1. The Labute approximate surface area is 118 Å². The Hall–Kier alpha value is -1.58. The third-order valence-electron chi connectivity index (χ3n) is 2.97. The second kappa shape index (κ2) is 6.55. The van der Waals surface area contributed by atoms with Crippen LogP contribution < -0.4 is 10.5 Å². The molecule has 100 valence electrons. The van der Waals surface area contributed by atoms with Gasteiger partial charge in [-0.05, 0) is 54.3 Å². The summed E-state index contributed by atoms with van der Waals surface area (Å²) in [5, 5.41) is 0.701. The summed E-state index contributed by atoms with van der Waals surface area (Å²) in [6, 6.07) is 9.58. The molecule has 1 atom stereocenters. The highest BCUT2D eigenvalue weighted by molar-refractivity contribution is 6.30. The lowest BCUT2D eigenvalue weighted by Crippen LogP contribution is -2.25. The van der Waals surface area contributed by atoms with E-state index in [1.807, 2.05) is 30.3 Å². The van der Waals surface area contributed by atoms with Crippen LogP contribution in [0, 0.1) is 0 Å². The molecule has 19 heavy (non-hydrogen) atoms. The Morgan fingerprint density at radius 2 is 1.95 bits per heavy atom. The zero-order valence-electron chi connectivity index (χ0n) is 10.8. The fourth-order valence-corrected chi connectivity index (χ4v) is 2.28. The molecule has 0 bridgehead atoms. The predicted octanol–water partition coefficient (Wildman–Crippen LogP) is 2.86. The van der Waals surface area contributed by atoms with Crippen molar-refractivity contribution < 1.29 is 4.74 Å². The molecule has 2 rings (SSSR count). The quantitative estimate of drug-likeness (QED) is 0.913. The van der Waals surface area contributed by atoms with Crippen LogP contribution in [0.1, 0.15) is 11.1 Å². The first-order valence-corrected chi connectivity index (χ1v) is 6.53. The van der Waals surface area contributed by atoms with Crippen LogP contribution in [-0.4, -0.2) is 18.1 Å². The Kier molecular flexibility index (Phi) is 4.77. The van der Waals surface area contributed by atoms with Crippen LogP contribution in [-0.2, 0) is 12.8 Å². The number of hydrogen-bond acceptors (Lipinski definition) is 3. The van der Waals surface area contributed by atoms with Gasteiger partial charge in [-0.3, -0.25) is 4.98 Å². The molecule has 0 fully saturated rings. The smallest absolute Gasteiger partial charge is 0.122 e. The van der Waals surface area contributed by atoms with E-state index in [4.69, 9.17) is 22.1 Å². The van der Waals surface area contributed by atoms with E-state index in [0.717, 1.165) is 24.2 Å². The summed E-state index contributed by atoms with van der Waals surface area (Å²) in [7, 11) is 1.65. The van der Waals surface area contributed by atoms with Crippen molar-refractivity contribution in [2.24, 2.45) is 5.73 Å². The predicted molar refractivity (Wildman–Crippen MR) is 77.6 cm³/mol. The molecule has 3 nitrogen and oxygen atoms in total. The van der Waals surface area contributed by atoms with Crippen molar-refractivity contribution in [3.63, 3.8) is 0 Å². The van der Waals surface area contributed by atoms with Gasteiger partial charge < -0.3 is 10.5 Å². The summed E-state index contributed by atoms with van der Waals surface area (Å²) in [6.45, 7) is 0. The van der Waals surface area contributed by atoms with Crippen LogP contribution in [0.15, 0.2) is 42.7 Å². The molecule has 4 heteroatoms. The van der Waals surface area contributed by atoms with Crippen molar-refractivity contribution in [1.29, 1.82) is 0 Å². The molecule has 2 N–H and O–H groups in total. The molecule has 2 aromatic rings. The Bertz CT molecular complexity index is 531. The molecular weight excluding hydrogens is 260 g/mol. The van der Waals surface area contributed by atoms with Crippen molar-refractivity contribution in [1.82, 2.24) is 4.98 Å². The van der Waals surface area contributed by atoms with Crippen LogP contribution in [0.5, 0.6) is 5.75 Å². The summed E-state index contributed by atoms with van der Waals surface area (Å²) in [5.74, 6) is 0.828. The molecule has 0 radical (unpaired) electrons. The molecular formula is C15H17ClN2O. The lowest BCUT2D eigenvalue weighted by molar-refractivity contribution is 0.408. The van der Waals surface area contributed by atoms with Crippen molar-refractivity contribution in [2.45, 2.75) is 18.9 Å². The normalized spacial score (nSPS) is 12.2. The SMILES string of the molecule is COc1ccc(Cl)cc1CC(N)Cc1ccncc1. The lowest BCUT2D eigenvalue weighted by Gasteiger charge is -2.14. The minimum atomic E-state index is 0.0229. The lowest BCUT2D eigenvalue weighted by atomic mass is 10.00. The van der Waals surface area contributed by atoms with Crippen molar-refractivity contribution >= 4 is 11.6 Å². The second-order valence-electron chi connectivity index (χ2n) is 4.48. The number of benzene rings is 1. The number of nitrogens with two attached hydrogens (primary N) is 1. The molecule has 0 aliphatic rings. The van der Waals surface area contributed by atoms with E-state index in [9.17, 15) is 0 Å². The van der Waals surface area contributed by atoms with E-state index >= 15 is 0 Å². The Balaban J connectivity index is 2.06. The van der Waals surface area contributed by atoms with Crippen LogP contribution in [0.3, 0.4) is 0 Å². The minimum Gasteiger partial charge on any atom is -0.496 e. The number of hydrogen-bond donors (Lipinski definition) is 1. The molecule has 1 unspecified atom stereocenters. The highest BCUT2D eigenvalue weighted by Crippen LogP contribution is 2.24. The van der Waals surface area contributed by atoms with Gasteiger partial charge in [-0.25, -0.2) is 0 Å². The molecule has 1 aromatic carbocycles. The number of nitrogens with zero attached hydrogens (tertiary/aromatic N) is 1. The summed E-state index contributed by atoms with van der Waals surface area (Å²) in [4.78, 5) is 4.00. The Morgan fingerprint density at radius 3 is 2.63 bits per heavy atom. The molecule has 1 aromatic heterocycles. The highest BCUT2D eigenvalue weighted by atomic mass is 35.5. The summed E-state index contributed by atoms with van der Waals surface area (Å²) >= 11 is 6.01. The molecule has 0 aliphatic heterocycles. The third kappa shape index (κ3) is 3.94. The van der Waals surface area contributed by atoms with Gasteiger partial charge in [0.25, 0.3) is 0 Å². The van der Waals surface area contributed by atoms with Gasteiger partial charge in [0.05, 0.1) is 7.11 Å². The number of aromatic nitrogens is 1. The van der Waals surface area contributed by atoms with Gasteiger partial charge in [-0.15, -0.1) is 0 Å². The average molecular weight is 277 g/mol. The largest absolute Gasteiger partial charge is 0.496 e. The molecule has 0 aliphatic carbocycles. The first-order chi connectivity index (χ1) is 9.19. The van der Waals surface area contributed by atoms with E-state index in [-0.39, 0.29) is 6.04 Å². The van der Waals surface area contributed by atoms with E-state index in [2.05, 4.69) is 4.98 Å². The first kappa shape index (κ1) is 13.8. The van der Waals surface area contributed by atoms with E-state index in [1.54, 1.807) is 19.5 Å². The first-order valence-electron chi connectivity index (χ1n) is 6.16. The van der Waals surface area contributed by atoms with E-state index in [0.29, 0.717) is 5.02 Å². The number of pyridine rings is 1. The van der Waals surface area contributed by atoms with Crippen molar-refractivity contribution in [3.05, 3.63) is 58.9 Å². The maximum absolute atomic E-state index is 6.19. The fraction of sp³-hybridized carbons (Fsp3) is 0.267. The van der Waals surface area contributed by atoms with Gasteiger partial charge in [0.15, 0.2) is 0 Å². The second-order valence-corrected chi connectivity index (χ2v) is 4.92. The maximum atomic E-state index is 6.19. The maximum Gasteiger partial charge on any atom is 0.122 e. The monoisotopic (exact) mass is 276 g/mol. The van der Waals surface area contributed by atoms with Crippen LogP contribution in [0.25, 0.3) is 0 Å². The molecule has 0 spiro atoms. The third-order valence-corrected chi connectivity index (χ3v) is 3.21. The molecule has 0 amide bonds. The van der Waals surface area contributed by atoms with Crippen LogP contribution >= 0.6 is 11.6 Å².